The summed E-state index contributed by atoms with van der Waals surface area (Å²) in [5, 5.41) is 4.08. The molecule has 0 saturated heterocycles. The van der Waals surface area contributed by atoms with Crippen molar-refractivity contribution in [3.63, 3.8) is 0 Å². The third-order valence-corrected chi connectivity index (χ3v) is 7.27. The number of rotatable bonds is 7. The molecule has 0 saturated carbocycles. The monoisotopic (exact) mass is 492 g/mol. The van der Waals surface area contributed by atoms with Gasteiger partial charge in [0.1, 0.15) is 0 Å². The Balaban J connectivity index is 1.76. The van der Waals surface area contributed by atoms with Gasteiger partial charge in [-0.05, 0) is 75.4 Å². The van der Waals surface area contributed by atoms with Crippen molar-refractivity contribution >= 4 is 29.0 Å². The number of carbonyl (C=O) groups excluding carboxylic acids is 2. The second-order valence-corrected chi connectivity index (χ2v) is 9.49. The molecule has 0 amide bonds. The lowest BCUT2D eigenvalue weighted by atomic mass is 9.71. The Labute approximate surface area is 212 Å². The van der Waals surface area contributed by atoms with Crippen LogP contribution in [0, 0.1) is 0 Å². The molecule has 6 heteroatoms. The minimum Gasteiger partial charge on any atom is -0.463 e. The second kappa shape index (κ2) is 10.7. The maximum Gasteiger partial charge on any atom is 0.336 e. The molecule has 1 aliphatic heterocycles. The number of Topliss-reactive ketones (excluding diaryl/α,β-unsaturated/α-hetero) is 1. The van der Waals surface area contributed by atoms with Crippen LogP contribution in [0.2, 0.25) is 5.02 Å². The van der Waals surface area contributed by atoms with E-state index in [9.17, 15) is 9.59 Å². The van der Waals surface area contributed by atoms with Crippen molar-refractivity contribution in [2.75, 3.05) is 24.6 Å². The molecule has 1 heterocycles. The van der Waals surface area contributed by atoms with Gasteiger partial charge in [-0.15, -0.1) is 0 Å². The largest absolute Gasteiger partial charge is 0.463 e. The predicted octanol–water partition coefficient (Wildman–Crippen LogP) is 6.11. The highest BCUT2D eigenvalue weighted by molar-refractivity contribution is 6.30. The average Bonchev–Trinajstić information content (AvgIpc) is 2.85. The molecule has 4 rings (SSSR count). The minimum atomic E-state index is -0.449. The molecular weight excluding hydrogens is 460 g/mol. The third kappa shape index (κ3) is 5.01. The lowest BCUT2D eigenvalue weighted by molar-refractivity contribution is -0.138. The zero-order valence-corrected chi connectivity index (χ0v) is 21.6. The van der Waals surface area contributed by atoms with Crippen LogP contribution in [0.5, 0.6) is 0 Å². The van der Waals surface area contributed by atoms with Crippen molar-refractivity contribution in [2.45, 2.75) is 52.4 Å². The van der Waals surface area contributed by atoms with Gasteiger partial charge in [-0.1, -0.05) is 35.9 Å². The van der Waals surface area contributed by atoms with Crippen LogP contribution in [-0.4, -0.2) is 31.4 Å². The summed E-state index contributed by atoms with van der Waals surface area (Å²) in [5.41, 5.74) is 5.97. The van der Waals surface area contributed by atoms with Crippen LogP contribution in [0.1, 0.15) is 63.5 Å². The molecule has 0 aromatic heterocycles. The van der Waals surface area contributed by atoms with E-state index in [2.05, 4.69) is 36.2 Å². The first-order chi connectivity index (χ1) is 16.9. The zero-order chi connectivity index (χ0) is 25.1. The number of nitrogens with one attached hydrogen (secondary N) is 1. The summed E-state index contributed by atoms with van der Waals surface area (Å²) in [6.45, 7) is 10.1. The Morgan fingerprint density at radius 2 is 1.63 bits per heavy atom. The Morgan fingerprint density at radius 1 is 1.00 bits per heavy atom. The number of anilines is 1. The van der Waals surface area contributed by atoms with Gasteiger partial charge in [-0.3, -0.25) is 4.79 Å². The van der Waals surface area contributed by atoms with Gasteiger partial charge in [0.05, 0.1) is 12.2 Å². The van der Waals surface area contributed by atoms with Gasteiger partial charge in [0.25, 0.3) is 0 Å². The molecule has 0 fully saturated rings. The maximum atomic E-state index is 13.7. The van der Waals surface area contributed by atoms with Gasteiger partial charge in [0.2, 0.25) is 0 Å². The van der Waals surface area contributed by atoms with E-state index >= 15 is 0 Å². The summed E-state index contributed by atoms with van der Waals surface area (Å²) >= 11 is 6.07. The van der Waals surface area contributed by atoms with E-state index in [0.717, 1.165) is 41.3 Å². The Morgan fingerprint density at radius 3 is 2.23 bits per heavy atom. The highest BCUT2D eigenvalue weighted by Crippen LogP contribution is 2.46. The molecule has 0 bridgehead atoms. The number of ketones is 1. The molecule has 5 nitrogen and oxygen atoms in total. The molecule has 184 valence electrons. The van der Waals surface area contributed by atoms with Crippen LogP contribution in [-0.2, 0) is 14.3 Å². The summed E-state index contributed by atoms with van der Waals surface area (Å²) < 4.78 is 5.43. The predicted molar refractivity (Wildman–Crippen MR) is 141 cm³/mol. The van der Waals surface area contributed by atoms with E-state index in [4.69, 9.17) is 16.3 Å². The minimum absolute atomic E-state index is 0.0609. The molecule has 2 aliphatic rings. The zero-order valence-electron chi connectivity index (χ0n) is 20.9. The fraction of sp³-hybridized carbons (Fsp3) is 0.379. The van der Waals surface area contributed by atoms with Crippen molar-refractivity contribution < 1.29 is 14.3 Å². The molecule has 2 aromatic rings. The number of ether oxygens (including phenoxy) is 1. The lowest BCUT2D eigenvalue weighted by Crippen LogP contribution is -2.36. The molecule has 35 heavy (non-hydrogen) atoms. The third-order valence-electron chi connectivity index (χ3n) is 7.02. The number of nitrogens with zero attached hydrogens (tertiary/aromatic N) is 1. The number of halogens is 1. The number of allylic oxidation sites excluding steroid dienone is 3. The van der Waals surface area contributed by atoms with Crippen molar-refractivity contribution in [1.82, 2.24) is 5.32 Å². The SMILES string of the molecule is CCOC(=O)C1=C(C)NC2=C(C(=O)CC(c3ccc(Cl)cc3)C2)C1c1ccc(N(CC)CC)cc1. The van der Waals surface area contributed by atoms with E-state index in [1.165, 1.54) is 0 Å². The van der Waals surface area contributed by atoms with Gasteiger partial charge in [-0.25, -0.2) is 4.79 Å². The first-order valence-electron chi connectivity index (χ1n) is 12.4. The Kier molecular flexibility index (Phi) is 7.66. The molecule has 1 aliphatic carbocycles. The van der Waals surface area contributed by atoms with Crippen molar-refractivity contribution in [3.05, 3.63) is 87.2 Å². The Bertz CT molecular complexity index is 1160. The molecule has 2 atom stereocenters. The summed E-state index contributed by atoms with van der Waals surface area (Å²) in [7, 11) is 0. The molecule has 0 radical (unpaired) electrons. The molecule has 2 unspecified atom stereocenters. The number of hydrogen-bond acceptors (Lipinski definition) is 5. The van der Waals surface area contributed by atoms with E-state index in [-0.39, 0.29) is 24.3 Å². The van der Waals surface area contributed by atoms with Gasteiger partial charge < -0.3 is 15.0 Å². The standard InChI is InChI=1S/C29H33ClN2O3/c1-5-32(6-2)23-14-10-20(11-15-23)27-26(29(34)35-7-3)18(4)31-24-16-21(17-25(33)28(24)27)19-8-12-22(30)13-9-19/h8-15,21,27,31H,5-7,16-17H2,1-4H3. The fourth-order valence-corrected chi connectivity index (χ4v) is 5.41. The molecule has 2 aromatic carbocycles. The normalized spacial score (nSPS) is 19.9. The van der Waals surface area contributed by atoms with Gasteiger partial charge in [0.15, 0.2) is 5.78 Å². The van der Waals surface area contributed by atoms with Crippen LogP contribution < -0.4 is 10.2 Å². The van der Waals surface area contributed by atoms with Crippen molar-refractivity contribution in [2.24, 2.45) is 0 Å². The average molecular weight is 493 g/mol. The molecular formula is C29H33ClN2O3. The highest BCUT2D eigenvalue weighted by Gasteiger charge is 2.41. The summed E-state index contributed by atoms with van der Waals surface area (Å²) in [6, 6.07) is 15.9. The van der Waals surface area contributed by atoms with Crippen LogP contribution >= 0.6 is 11.6 Å². The van der Waals surface area contributed by atoms with E-state index in [1.54, 1.807) is 6.92 Å². The number of hydrogen-bond donors (Lipinski definition) is 1. The van der Waals surface area contributed by atoms with Crippen molar-refractivity contribution in [3.8, 4) is 0 Å². The van der Waals surface area contributed by atoms with Crippen LogP contribution in [0.25, 0.3) is 0 Å². The summed E-state index contributed by atoms with van der Waals surface area (Å²) in [5.74, 6) is -0.705. The topological polar surface area (TPSA) is 58.6 Å². The maximum absolute atomic E-state index is 13.7. The number of esters is 1. The first-order valence-corrected chi connectivity index (χ1v) is 12.8. The smallest absolute Gasteiger partial charge is 0.336 e. The number of benzene rings is 2. The highest BCUT2D eigenvalue weighted by atomic mass is 35.5. The molecule has 1 N–H and O–H groups in total. The Hall–Kier alpha value is -3.05. The van der Waals surface area contributed by atoms with E-state index in [0.29, 0.717) is 29.0 Å². The van der Waals surface area contributed by atoms with E-state index < -0.39 is 5.92 Å². The number of carbonyl (C=O) groups is 2. The number of dihydropyridines is 1. The van der Waals surface area contributed by atoms with Gasteiger partial charge in [0, 0.05) is 53.1 Å². The quantitative estimate of drug-likeness (QED) is 0.472. The fourth-order valence-electron chi connectivity index (χ4n) is 5.29. The van der Waals surface area contributed by atoms with Gasteiger partial charge in [-0.2, -0.15) is 0 Å². The van der Waals surface area contributed by atoms with Crippen LogP contribution in [0.3, 0.4) is 0 Å². The van der Waals surface area contributed by atoms with E-state index in [1.807, 2.05) is 43.3 Å². The van der Waals surface area contributed by atoms with Crippen LogP contribution in [0.15, 0.2) is 71.1 Å². The summed E-state index contributed by atoms with van der Waals surface area (Å²) in [6.07, 6.45) is 1.09. The van der Waals surface area contributed by atoms with Crippen molar-refractivity contribution in [1.29, 1.82) is 0 Å². The lowest BCUT2D eigenvalue weighted by Gasteiger charge is -2.37. The first kappa shape index (κ1) is 25.1. The van der Waals surface area contributed by atoms with Gasteiger partial charge >= 0.3 is 5.97 Å². The summed E-state index contributed by atoms with van der Waals surface area (Å²) in [4.78, 5) is 29.0. The van der Waals surface area contributed by atoms with Crippen LogP contribution in [0.4, 0.5) is 5.69 Å². The second-order valence-electron chi connectivity index (χ2n) is 9.05. The molecule has 0 spiro atoms.